The molecule has 41 heavy (non-hydrogen) atoms. The SMILES string of the molecule is CC(=O)OCc1ccc(NC(=O)[C@H](CCCNC(N)=O)NC(=O)C(NC(=O)CCCCNC(=O)CI)C(C)C)cc1. The minimum atomic E-state index is -0.961. The van der Waals surface area contributed by atoms with Crippen LogP contribution in [0.25, 0.3) is 0 Å². The molecule has 0 spiro atoms. The van der Waals surface area contributed by atoms with Crippen molar-refractivity contribution < 1.29 is 33.5 Å². The van der Waals surface area contributed by atoms with Gasteiger partial charge in [-0.1, -0.05) is 48.6 Å². The molecule has 0 aliphatic carbocycles. The number of hydrogen-bond donors (Lipinski definition) is 6. The number of primary amides is 1. The lowest BCUT2D eigenvalue weighted by Gasteiger charge is -2.25. The number of alkyl halides is 1. The van der Waals surface area contributed by atoms with E-state index in [1.54, 1.807) is 38.1 Å². The smallest absolute Gasteiger partial charge is 0.312 e. The van der Waals surface area contributed by atoms with E-state index in [1.807, 2.05) is 22.6 Å². The summed E-state index contributed by atoms with van der Waals surface area (Å²) in [6.07, 6.45) is 1.91. The molecule has 13 nitrogen and oxygen atoms in total. The molecule has 1 aromatic rings. The zero-order chi connectivity index (χ0) is 30.8. The standard InChI is InChI=1S/C27H41IN6O7/c1-17(2)24(34-22(36)8-4-5-13-30-23(37)15-28)26(39)33-21(7-6-14-31-27(29)40)25(38)32-20-11-9-19(10-12-20)16-41-18(3)35/h9-12,17,21,24H,4-8,13-16H2,1-3H3,(H,30,37)(H,32,38)(H,33,39)(H,34,36)(H3,29,31,40)/t21-,24?/m0/s1. The monoisotopic (exact) mass is 688 g/mol. The van der Waals surface area contributed by atoms with Gasteiger partial charge in [-0.3, -0.25) is 24.0 Å². The van der Waals surface area contributed by atoms with Gasteiger partial charge < -0.3 is 37.1 Å². The van der Waals surface area contributed by atoms with E-state index in [0.29, 0.717) is 35.9 Å². The van der Waals surface area contributed by atoms with Gasteiger partial charge in [-0.05, 0) is 49.3 Å². The van der Waals surface area contributed by atoms with Gasteiger partial charge in [0.25, 0.3) is 0 Å². The molecule has 7 N–H and O–H groups in total. The average Bonchev–Trinajstić information content (AvgIpc) is 2.92. The number of hydrogen-bond acceptors (Lipinski definition) is 7. The summed E-state index contributed by atoms with van der Waals surface area (Å²) in [6.45, 7) is 5.67. The lowest BCUT2D eigenvalue weighted by atomic mass is 10.0. The first kappa shape index (κ1) is 35.6. The normalized spacial score (nSPS) is 12.0. The van der Waals surface area contributed by atoms with Crippen molar-refractivity contribution >= 4 is 63.9 Å². The molecule has 0 radical (unpaired) electrons. The number of nitrogens with one attached hydrogen (secondary N) is 5. The Morgan fingerprint density at radius 1 is 0.878 bits per heavy atom. The highest BCUT2D eigenvalue weighted by Gasteiger charge is 2.28. The number of carbonyl (C=O) groups excluding carboxylic acids is 6. The van der Waals surface area contributed by atoms with E-state index in [-0.39, 0.29) is 43.7 Å². The number of amides is 6. The van der Waals surface area contributed by atoms with Gasteiger partial charge in [-0.25, -0.2) is 4.79 Å². The molecule has 0 fully saturated rings. The van der Waals surface area contributed by atoms with Crippen LogP contribution in [-0.4, -0.2) is 65.2 Å². The minimum Gasteiger partial charge on any atom is -0.461 e. The number of nitrogens with two attached hydrogens (primary N) is 1. The molecule has 2 atom stereocenters. The second kappa shape index (κ2) is 19.6. The molecular weight excluding hydrogens is 647 g/mol. The molecule has 228 valence electrons. The van der Waals surface area contributed by atoms with Crippen molar-refractivity contribution in [2.45, 2.75) is 71.6 Å². The van der Waals surface area contributed by atoms with Crippen LogP contribution >= 0.6 is 22.6 Å². The number of esters is 1. The highest BCUT2D eigenvalue weighted by Crippen LogP contribution is 2.13. The number of rotatable bonds is 18. The topological polar surface area (TPSA) is 198 Å². The zero-order valence-corrected chi connectivity index (χ0v) is 25.9. The van der Waals surface area contributed by atoms with Crippen molar-refractivity contribution in [1.29, 1.82) is 0 Å². The fraction of sp³-hybridized carbons (Fsp3) is 0.556. The van der Waals surface area contributed by atoms with Crippen LogP contribution < -0.4 is 32.3 Å². The summed E-state index contributed by atoms with van der Waals surface area (Å²) in [5, 5.41) is 13.4. The lowest BCUT2D eigenvalue weighted by molar-refractivity contribution is -0.142. The van der Waals surface area contributed by atoms with Crippen molar-refractivity contribution in [2.24, 2.45) is 11.7 Å². The third kappa shape index (κ3) is 15.8. The van der Waals surface area contributed by atoms with E-state index >= 15 is 0 Å². The van der Waals surface area contributed by atoms with Crippen LogP contribution in [0.4, 0.5) is 10.5 Å². The highest BCUT2D eigenvalue weighted by molar-refractivity contribution is 14.1. The van der Waals surface area contributed by atoms with E-state index in [1.165, 1.54) is 6.92 Å². The van der Waals surface area contributed by atoms with Gasteiger partial charge in [0.05, 0.1) is 4.43 Å². The summed E-state index contributed by atoms with van der Waals surface area (Å²) in [5.41, 5.74) is 6.32. The number of unbranched alkanes of at least 4 members (excludes halogenated alkanes) is 1. The predicted molar refractivity (Wildman–Crippen MR) is 162 cm³/mol. The summed E-state index contributed by atoms with van der Waals surface area (Å²) in [6, 6.07) is 4.16. The van der Waals surface area contributed by atoms with Crippen LogP contribution in [-0.2, 0) is 35.3 Å². The van der Waals surface area contributed by atoms with Gasteiger partial charge in [0.2, 0.25) is 23.6 Å². The van der Waals surface area contributed by atoms with Crippen LogP contribution in [0.2, 0.25) is 0 Å². The first-order valence-electron chi connectivity index (χ1n) is 13.4. The molecule has 1 aromatic carbocycles. The molecule has 0 saturated carbocycles. The zero-order valence-electron chi connectivity index (χ0n) is 23.7. The van der Waals surface area contributed by atoms with Crippen molar-refractivity contribution in [3.8, 4) is 0 Å². The first-order valence-corrected chi connectivity index (χ1v) is 14.9. The second-order valence-corrected chi connectivity index (χ2v) is 10.5. The van der Waals surface area contributed by atoms with E-state index in [4.69, 9.17) is 10.5 Å². The Balaban J connectivity index is 2.81. The maximum Gasteiger partial charge on any atom is 0.312 e. The van der Waals surface area contributed by atoms with Crippen LogP contribution in [0.1, 0.15) is 58.4 Å². The Hall–Kier alpha value is -3.43. The molecule has 0 bridgehead atoms. The molecular formula is C27H41IN6O7. The molecule has 14 heteroatoms. The van der Waals surface area contributed by atoms with E-state index < -0.39 is 35.9 Å². The largest absolute Gasteiger partial charge is 0.461 e. The number of benzene rings is 1. The lowest BCUT2D eigenvalue weighted by Crippen LogP contribution is -2.54. The molecule has 6 amide bonds. The Morgan fingerprint density at radius 3 is 2.12 bits per heavy atom. The predicted octanol–water partition coefficient (Wildman–Crippen LogP) is 1.48. The minimum absolute atomic E-state index is 0.0631. The van der Waals surface area contributed by atoms with Crippen molar-refractivity contribution in [3.63, 3.8) is 0 Å². The van der Waals surface area contributed by atoms with Crippen molar-refractivity contribution in [3.05, 3.63) is 29.8 Å². The van der Waals surface area contributed by atoms with Gasteiger partial charge in [0.1, 0.15) is 18.7 Å². The van der Waals surface area contributed by atoms with Gasteiger partial charge in [-0.2, -0.15) is 0 Å². The van der Waals surface area contributed by atoms with Crippen LogP contribution in [0.5, 0.6) is 0 Å². The van der Waals surface area contributed by atoms with Crippen molar-refractivity contribution in [2.75, 3.05) is 22.8 Å². The Morgan fingerprint density at radius 2 is 1.54 bits per heavy atom. The average molecular weight is 689 g/mol. The number of urea groups is 1. The Labute approximate surface area is 254 Å². The summed E-state index contributed by atoms with van der Waals surface area (Å²) in [7, 11) is 0. The number of halogens is 1. The maximum absolute atomic E-state index is 13.2. The Bertz CT molecular complexity index is 1040. The summed E-state index contributed by atoms with van der Waals surface area (Å²) >= 11 is 1.97. The quantitative estimate of drug-likeness (QED) is 0.0581. The Kier molecular flexibility index (Phi) is 17.0. The third-order valence-corrected chi connectivity index (χ3v) is 6.50. The van der Waals surface area contributed by atoms with Gasteiger partial charge in [0, 0.05) is 32.1 Å². The molecule has 0 saturated heterocycles. The van der Waals surface area contributed by atoms with E-state index in [2.05, 4.69) is 26.6 Å². The number of ether oxygens (including phenoxy) is 1. The van der Waals surface area contributed by atoms with Gasteiger partial charge >= 0.3 is 12.0 Å². The summed E-state index contributed by atoms with van der Waals surface area (Å²) in [5.74, 6) is -2.02. The number of anilines is 1. The van der Waals surface area contributed by atoms with Crippen molar-refractivity contribution in [1.82, 2.24) is 21.3 Å². The molecule has 0 heterocycles. The summed E-state index contributed by atoms with van der Waals surface area (Å²) in [4.78, 5) is 72.2. The molecule has 0 aliphatic heterocycles. The van der Waals surface area contributed by atoms with Crippen LogP contribution in [0, 0.1) is 5.92 Å². The second-order valence-electron chi connectivity index (χ2n) is 9.69. The highest BCUT2D eigenvalue weighted by atomic mass is 127. The summed E-state index contributed by atoms with van der Waals surface area (Å²) < 4.78 is 5.33. The number of carbonyl (C=O) groups is 6. The van der Waals surface area contributed by atoms with Gasteiger partial charge in [-0.15, -0.1) is 0 Å². The maximum atomic E-state index is 13.2. The van der Waals surface area contributed by atoms with Gasteiger partial charge in [0.15, 0.2) is 0 Å². The van der Waals surface area contributed by atoms with E-state index in [9.17, 15) is 28.8 Å². The molecule has 0 aliphatic rings. The molecule has 1 unspecified atom stereocenters. The molecule has 1 rings (SSSR count). The molecule has 0 aromatic heterocycles. The third-order valence-electron chi connectivity index (χ3n) is 5.81. The van der Waals surface area contributed by atoms with Crippen LogP contribution in [0.3, 0.4) is 0 Å². The fourth-order valence-corrected chi connectivity index (χ4v) is 3.88. The van der Waals surface area contributed by atoms with Crippen LogP contribution in [0.15, 0.2) is 24.3 Å². The first-order chi connectivity index (χ1) is 19.4. The fourth-order valence-electron chi connectivity index (χ4n) is 3.61. The van der Waals surface area contributed by atoms with E-state index in [0.717, 1.165) is 5.56 Å².